The Morgan fingerprint density at radius 3 is 2.45 bits per heavy atom. The molecule has 1 saturated heterocycles. The number of piperidine rings is 1. The highest BCUT2D eigenvalue weighted by molar-refractivity contribution is 5.87. The molecule has 0 spiro atoms. The quantitative estimate of drug-likeness (QED) is 0.898. The Labute approximate surface area is 131 Å². The fourth-order valence-electron chi connectivity index (χ4n) is 4.04. The maximum Gasteiger partial charge on any atom is 0.335 e. The van der Waals surface area contributed by atoms with Crippen molar-refractivity contribution in [2.24, 2.45) is 11.8 Å². The van der Waals surface area contributed by atoms with Gasteiger partial charge in [0.2, 0.25) is 0 Å². The van der Waals surface area contributed by atoms with Gasteiger partial charge in [-0.05, 0) is 30.0 Å². The summed E-state index contributed by atoms with van der Waals surface area (Å²) in [6.45, 7) is 2.73. The Morgan fingerprint density at radius 2 is 1.82 bits per heavy atom. The minimum absolute atomic E-state index is 0.145. The van der Waals surface area contributed by atoms with Crippen molar-refractivity contribution in [3.63, 3.8) is 0 Å². The van der Waals surface area contributed by atoms with Gasteiger partial charge in [0.1, 0.15) is 0 Å². The van der Waals surface area contributed by atoms with Gasteiger partial charge in [-0.1, -0.05) is 37.8 Å². The Bertz CT molecular complexity index is 508. The van der Waals surface area contributed by atoms with Crippen LogP contribution in [0.3, 0.4) is 0 Å². The lowest BCUT2D eigenvalue weighted by molar-refractivity contribution is -0.00272. The van der Waals surface area contributed by atoms with Gasteiger partial charge in [-0.25, -0.2) is 4.79 Å². The molecular formula is C18H25NO3. The van der Waals surface area contributed by atoms with Crippen molar-refractivity contribution in [2.45, 2.75) is 44.8 Å². The SMILES string of the molecule is O=C(O)c1ccc(CN2CC[C@@H](O)[C@H](C3CCCC3)C2)cc1. The van der Waals surface area contributed by atoms with Gasteiger partial charge in [0.05, 0.1) is 11.7 Å². The molecule has 2 aliphatic rings. The topological polar surface area (TPSA) is 60.8 Å². The van der Waals surface area contributed by atoms with Crippen molar-refractivity contribution >= 4 is 5.97 Å². The number of carboxylic acid groups (broad SMARTS) is 1. The molecule has 0 bridgehead atoms. The molecule has 3 rings (SSSR count). The fraction of sp³-hybridized carbons (Fsp3) is 0.611. The summed E-state index contributed by atoms with van der Waals surface area (Å²) in [7, 11) is 0. The molecule has 0 amide bonds. The van der Waals surface area contributed by atoms with E-state index in [1.54, 1.807) is 12.1 Å². The first-order valence-electron chi connectivity index (χ1n) is 8.36. The van der Waals surface area contributed by atoms with E-state index in [9.17, 15) is 9.90 Å². The first-order chi connectivity index (χ1) is 10.6. The van der Waals surface area contributed by atoms with E-state index in [-0.39, 0.29) is 6.10 Å². The molecule has 1 aromatic carbocycles. The molecule has 1 aromatic rings. The van der Waals surface area contributed by atoms with Crippen LogP contribution in [-0.4, -0.2) is 40.3 Å². The summed E-state index contributed by atoms with van der Waals surface area (Å²) in [5.41, 5.74) is 1.48. The first-order valence-corrected chi connectivity index (χ1v) is 8.36. The molecule has 1 saturated carbocycles. The minimum Gasteiger partial charge on any atom is -0.478 e. The van der Waals surface area contributed by atoms with E-state index in [0.717, 1.165) is 31.6 Å². The Balaban J connectivity index is 1.61. The molecule has 0 radical (unpaired) electrons. The zero-order chi connectivity index (χ0) is 15.5. The summed E-state index contributed by atoms with van der Waals surface area (Å²) in [5.74, 6) is 0.218. The highest BCUT2D eigenvalue weighted by atomic mass is 16.4. The van der Waals surface area contributed by atoms with Crippen LogP contribution in [0, 0.1) is 11.8 Å². The summed E-state index contributed by atoms with van der Waals surface area (Å²) in [6.07, 6.45) is 5.86. The van der Waals surface area contributed by atoms with Crippen LogP contribution >= 0.6 is 0 Å². The number of nitrogens with zero attached hydrogens (tertiary/aromatic N) is 1. The van der Waals surface area contributed by atoms with Crippen LogP contribution in [0.4, 0.5) is 0 Å². The van der Waals surface area contributed by atoms with Crippen molar-refractivity contribution in [3.8, 4) is 0 Å². The van der Waals surface area contributed by atoms with Crippen molar-refractivity contribution in [1.82, 2.24) is 4.90 Å². The minimum atomic E-state index is -0.881. The third-order valence-corrected chi connectivity index (χ3v) is 5.32. The highest BCUT2D eigenvalue weighted by Gasteiger charge is 2.34. The van der Waals surface area contributed by atoms with Crippen molar-refractivity contribution in [3.05, 3.63) is 35.4 Å². The molecule has 120 valence electrons. The monoisotopic (exact) mass is 303 g/mol. The predicted octanol–water partition coefficient (Wildman–Crippen LogP) is 2.76. The van der Waals surface area contributed by atoms with Crippen LogP contribution in [0.15, 0.2) is 24.3 Å². The highest BCUT2D eigenvalue weighted by Crippen LogP contribution is 2.36. The number of hydrogen-bond acceptors (Lipinski definition) is 3. The molecule has 1 heterocycles. The Hall–Kier alpha value is -1.39. The summed E-state index contributed by atoms with van der Waals surface area (Å²) in [6, 6.07) is 7.15. The second kappa shape index (κ2) is 6.80. The van der Waals surface area contributed by atoms with E-state index in [4.69, 9.17) is 5.11 Å². The van der Waals surface area contributed by atoms with Gasteiger partial charge in [0, 0.05) is 25.6 Å². The van der Waals surface area contributed by atoms with E-state index >= 15 is 0 Å². The van der Waals surface area contributed by atoms with E-state index < -0.39 is 5.97 Å². The largest absolute Gasteiger partial charge is 0.478 e. The summed E-state index contributed by atoms with van der Waals surface area (Å²) in [5, 5.41) is 19.3. The lowest BCUT2D eigenvalue weighted by Crippen LogP contribution is -2.45. The molecule has 1 aliphatic heterocycles. The predicted molar refractivity (Wildman–Crippen MR) is 84.8 cm³/mol. The van der Waals surface area contributed by atoms with Crippen LogP contribution in [0.5, 0.6) is 0 Å². The van der Waals surface area contributed by atoms with Crippen molar-refractivity contribution in [2.75, 3.05) is 13.1 Å². The maximum absolute atomic E-state index is 10.9. The van der Waals surface area contributed by atoms with Gasteiger partial charge in [0.15, 0.2) is 0 Å². The van der Waals surface area contributed by atoms with Crippen LogP contribution in [0.1, 0.15) is 48.0 Å². The van der Waals surface area contributed by atoms with Crippen molar-refractivity contribution < 1.29 is 15.0 Å². The summed E-state index contributed by atoms with van der Waals surface area (Å²) in [4.78, 5) is 13.3. The van der Waals surface area contributed by atoms with Crippen LogP contribution in [0.25, 0.3) is 0 Å². The Morgan fingerprint density at radius 1 is 1.14 bits per heavy atom. The molecule has 1 aliphatic carbocycles. The zero-order valence-corrected chi connectivity index (χ0v) is 12.9. The standard InChI is InChI=1S/C18H25NO3/c20-17-9-10-19(12-16(17)14-3-1-2-4-14)11-13-5-7-15(8-6-13)18(21)22/h5-8,14,16-17,20H,1-4,9-12H2,(H,21,22)/t16-,17+/m0/s1. The number of aromatic carboxylic acids is 1. The van der Waals surface area contributed by atoms with Crippen molar-refractivity contribution in [1.29, 1.82) is 0 Å². The zero-order valence-electron chi connectivity index (χ0n) is 12.9. The average molecular weight is 303 g/mol. The van der Waals surface area contributed by atoms with Gasteiger partial charge in [-0.15, -0.1) is 0 Å². The smallest absolute Gasteiger partial charge is 0.335 e. The van der Waals surface area contributed by atoms with Gasteiger partial charge >= 0.3 is 5.97 Å². The number of likely N-dealkylation sites (tertiary alicyclic amines) is 1. The van der Waals surface area contributed by atoms with Crippen LogP contribution < -0.4 is 0 Å². The first kappa shape index (κ1) is 15.5. The normalized spacial score (nSPS) is 27.1. The average Bonchev–Trinajstić information content (AvgIpc) is 3.04. The molecule has 2 fully saturated rings. The molecular weight excluding hydrogens is 278 g/mol. The number of aliphatic hydroxyl groups excluding tert-OH is 1. The van der Waals surface area contributed by atoms with Gasteiger partial charge in [-0.2, -0.15) is 0 Å². The molecule has 0 aromatic heterocycles. The van der Waals surface area contributed by atoms with E-state index in [2.05, 4.69) is 4.90 Å². The molecule has 0 unspecified atom stereocenters. The number of rotatable bonds is 4. The van der Waals surface area contributed by atoms with Gasteiger partial charge in [0.25, 0.3) is 0 Å². The second-order valence-electron chi connectivity index (χ2n) is 6.80. The molecule has 22 heavy (non-hydrogen) atoms. The van der Waals surface area contributed by atoms with E-state index in [1.165, 1.54) is 25.7 Å². The Kier molecular flexibility index (Phi) is 4.79. The van der Waals surface area contributed by atoms with Gasteiger partial charge in [-0.3, -0.25) is 4.90 Å². The summed E-state index contributed by atoms with van der Waals surface area (Å²) >= 11 is 0. The van der Waals surface area contributed by atoms with Crippen LogP contribution in [-0.2, 0) is 6.54 Å². The molecule has 2 N–H and O–H groups in total. The number of aliphatic hydroxyl groups is 1. The third-order valence-electron chi connectivity index (χ3n) is 5.32. The molecule has 4 heteroatoms. The fourth-order valence-corrected chi connectivity index (χ4v) is 4.04. The number of hydrogen-bond donors (Lipinski definition) is 2. The number of carbonyl (C=O) groups is 1. The van der Waals surface area contributed by atoms with Crippen LogP contribution in [0.2, 0.25) is 0 Å². The lowest BCUT2D eigenvalue weighted by Gasteiger charge is -2.39. The second-order valence-corrected chi connectivity index (χ2v) is 6.80. The molecule has 2 atom stereocenters. The molecule has 4 nitrogen and oxygen atoms in total. The van der Waals surface area contributed by atoms with E-state index in [0.29, 0.717) is 17.4 Å². The maximum atomic E-state index is 10.9. The third kappa shape index (κ3) is 3.50. The number of carboxylic acids is 1. The van der Waals surface area contributed by atoms with E-state index in [1.807, 2.05) is 12.1 Å². The van der Waals surface area contributed by atoms with Gasteiger partial charge < -0.3 is 10.2 Å². The summed E-state index contributed by atoms with van der Waals surface area (Å²) < 4.78 is 0. The number of benzene rings is 1. The lowest BCUT2D eigenvalue weighted by atomic mass is 9.82.